The summed E-state index contributed by atoms with van der Waals surface area (Å²) in [5, 5.41) is 9.95. The van der Waals surface area contributed by atoms with E-state index in [1.54, 1.807) is 123 Å². The highest BCUT2D eigenvalue weighted by molar-refractivity contribution is 7.10. The second-order valence-corrected chi connectivity index (χ2v) is 34.9. The molecule has 1 atom stereocenters. The Morgan fingerprint density at radius 2 is 0.676 bits per heavy atom. The smallest absolute Gasteiger partial charge is 0.199 e. The average Bonchev–Trinajstić information content (AvgIpc) is 1.20. The lowest BCUT2D eigenvalue weighted by Crippen LogP contribution is -2.12. The number of nitriles is 1. The fraction of sp³-hybridized carbons (Fsp3) is 0.131. The van der Waals surface area contributed by atoms with Gasteiger partial charge in [-0.3, -0.25) is 48.7 Å². The zero-order valence-corrected chi connectivity index (χ0v) is 82.5. The van der Waals surface area contributed by atoms with Crippen molar-refractivity contribution < 1.29 is 78.8 Å². The molecule has 0 aliphatic rings. The topological polar surface area (TPSA) is 408 Å². The van der Waals surface area contributed by atoms with E-state index in [4.69, 9.17) is 46.9 Å². The van der Waals surface area contributed by atoms with E-state index in [0.29, 0.717) is 128 Å². The predicted octanol–water partition coefficient (Wildman–Crippen LogP) is 23.1. The Labute approximate surface area is 860 Å². The van der Waals surface area contributed by atoms with Gasteiger partial charge in [0, 0.05) is 109 Å². The van der Waals surface area contributed by atoms with Gasteiger partial charge in [-0.05, 0) is 198 Å². The maximum Gasteiger partial charge on any atom is 0.199 e. The number of hydrogen-bond acceptors (Lipinski definition) is 33. The fourth-order valence-electron chi connectivity index (χ4n) is 13.4. The van der Waals surface area contributed by atoms with Gasteiger partial charge in [-0.25, -0.2) is 87.3 Å². The van der Waals surface area contributed by atoms with Gasteiger partial charge < -0.3 is 28.6 Å². The first-order valence-electron chi connectivity index (χ1n) is 44.3. The lowest BCUT2D eigenvalue weighted by Gasteiger charge is -2.19. The second kappa shape index (κ2) is 52.9. The molecule has 1 unspecified atom stereocenters. The molecule has 148 heavy (non-hydrogen) atoms. The Morgan fingerprint density at radius 1 is 0.351 bits per heavy atom. The molecule has 0 N–H and O–H groups in total. The molecule has 0 aliphatic carbocycles. The molecular weight excluding hydrogens is 1990 g/mol. The van der Waals surface area contributed by atoms with E-state index in [9.17, 15) is 60.4 Å². The summed E-state index contributed by atoms with van der Waals surface area (Å²) in [6.45, 7) is 10.2. The SMILES string of the molecule is CC(F)c1cccc(CC(=O)c2cc(F)cc(Oc3cncnc3)c2)n1.Cc1cccc(CC(=O)c2cc(C#N)cc(Oc3cncnc3)c2)n1.Cc1ccnc(CC(=O)c2cc(Cl)cc(Oc3cncnc3)c2)c1.Cc1ccnc(CC(=O)c2cc(F)cc(N(C)c3cncnc3)c2)c1.Cc1nc(CC(=O)c2cc(Cl)cc(Oc3cncnc3)c2)sc1F.Cc1nc(CC(=O)c2cc(F)cc(Oc3cncnc3)c2)sc1F. The highest BCUT2D eigenvalue weighted by Gasteiger charge is 2.23. The van der Waals surface area contributed by atoms with Crippen LogP contribution in [0, 0.1) is 73.7 Å². The van der Waals surface area contributed by atoms with Gasteiger partial charge in [0.2, 0.25) is 0 Å². The number of Topliss-reactive ketones (excluding diaryl/α,β-unsaturated/α-hetero) is 6. The van der Waals surface area contributed by atoms with Crippen molar-refractivity contribution in [2.75, 3.05) is 11.9 Å². The number of nitrogens with zero attached hydrogens (tertiary/aromatic N) is 20. The van der Waals surface area contributed by atoms with Crippen molar-refractivity contribution >= 4 is 91.9 Å². The number of ether oxygens (including phenoxy) is 5. The maximum atomic E-state index is 14.0. The van der Waals surface area contributed by atoms with E-state index < -0.39 is 28.8 Å². The minimum Gasteiger partial charge on any atom is -0.454 e. The number of aryl methyl sites for hydroxylation is 5. The Bertz CT molecular complexity index is 7560. The van der Waals surface area contributed by atoms with Crippen molar-refractivity contribution in [3.05, 3.63) is 438 Å². The fourth-order valence-corrected chi connectivity index (χ4v) is 15.4. The Balaban J connectivity index is 0.000000148. The Hall–Kier alpha value is -17.9. The molecule has 0 radical (unpaired) electrons. The van der Waals surface area contributed by atoms with Gasteiger partial charge in [-0.15, -0.1) is 0 Å². The first-order valence-corrected chi connectivity index (χ1v) is 46.7. The molecule has 744 valence electrons. The van der Waals surface area contributed by atoms with Gasteiger partial charge in [0.05, 0.1) is 147 Å². The summed E-state index contributed by atoms with van der Waals surface area (Å²) in [6, 6.07) is 45.9. The molecule has 12 heterocycles. The largest absolute Gasteiger partial charge is 0.454 e. The molecule has 0 bridgehead atoms. The molecule has 0 saturated heterocycles. The van der Waals surface area contributed by atoms with Gasteiger partial charge >= 0.3 is 0 Å². The van der Waals surface area contributed by atoms with Gasteiger partial charge in [-0.2, -0.15) is 14.0 Å². The van der Waals surface area contributed by atoms with Crippen LogP contribution < -0.4 is 28.6 Å². The van der Waals surface area contributed by atoms with Gasteiger partial charge in [0.1, 0.15) is 100 Å². The van der Waals surface area contributed by atoms with Gasteiger partial charge in [0.15, 0.2) is 73.7 Å². The number of benzene rings is 6. The van der Waals surface area contributed by atoms with Crippen LogP contribution in [0.25, 0.3) is 0 Å². The lowest BCUT2D eigenvalue weighted by atomic mass is 10.0. The summed E-state index contributed by atoms with van der Waals surface area (Å²) in [7, 11) is 1.77. The van der Waals surface area contributed by atoms with Crippen LogP contribution in [-0.4, -0.2) is 131 Å². The molecule has 0 amide bonds. The molecular formula is C107H82Cl2F6N20O11S2. The normalized spacial score (nSPS) is 10.7. The maximum absolute atomic E-state index is 14.0. The number of rotatable bonds is 31. The Morgan fingerprint density at radius 3 is 1.03 bits per heavy atom. The number of carbonyl (C=O) groups is 6. The number of ketones is 6. The Kier molecular flexibility index (Phi) is 38.4. The molecule has 18 aromatic rings. The van der Waals surface area contributed by atoms with E-state index >= 15 is 0 Å². The number of halogens is 8. The first kappa shape index (κ1) is 107. The van der Waals surface area contributed by atoms with Crippen molar-refractivity contribution in [1.82, 2.24) is 89.7 Å². The highest BCUT2D eigenvalue weighted by atomic mass is 35.5. The van der Waals surface area contributed by atoms with Crippen LogP contribution in [0.5, 0.6) is 57.5 Å². The molecule has 31 nitrogen and oxygen atoms in total. The lowest BCUT2D eigenvalue weighted by molar-refractivity contribution is 0.0983. The van der Waals surface area contributed by atoms with Crippen LogP contribution in [-0.2, 0) is 38.5 Å². The number of pyridine rings is 4. The van der Waals surface area contributed by atoms with E-state index in [0.717, 1.165) is 69.5 Å². The van der Waals surface area contributed by atoms with E-state index in [1.807, 2.05) is 63.2 Å². The van der Waals surface area contributed by atoms with E-state index in [-0.39, 0.29) is 112 Å². The van der Waals surface area contributed by atoms with Crippen LogP contribution >= 0.6 is 45.9 Å². The number of alkyl halides is 1. The monoisotopic (exact) mass is 2070 g/mol. The van der Waals surface area contributed by atoms with Crippen LogP contribution in [0.1, 0.15) is 148 Å². The van der Waals surface area contributed by atoms with Crippen LogP contribution in [0.4, 0.5) is 37.7 Å². The number of anilines is 2. The minimum absolute atomic E-state index is 0.00363. The van der Waals surface area contributed by atoms with Gasteiger partial charge in [0.25, 0.3) is 0 Å². The number of aromatic nitrogens is 18. The second-order valence-electron chi connectivity index (χ2n) is 31.9. The molecule has 41 heteroatoms. The summed E-state index contributed by atoms with van der Waals surface area (Å²) in [5.41, 5.74) is 9.62. The van der Waals surface area contributed by atoms with Crippen LogP contribution in [0.3, 0.4) is 0 Å². The zero-order chi connectivity index (χ0) is 105. The van der Waals surface area contributed by atoms with Crippen LogP contribution in [0.2, 0.25) is 10.0 Å². The summed E-state index contributed by atoms with van der Waals surface area (Å²) >= 11 is 13.8. The quantitative estimate of drug-likeness (QED) is 0.0288. The highest BCUT2D eigenvalue weighted by Crippen LogP contribution is 2.34. The first-order chi connectivity index (χ1) is 71.3. The third-order valence-electron chi connectivity index (χ3n) is 20.2. The molecule has 12 aromatic heterocycles. The van der Waals surface area contributed by atoms with E-state index in [2.05, 4.69) is 89.7 Å². The van der Waals surface area contributed by atoms with Crippen molar-refractivity contribution in [3.63, 3.8) is 0 Å². The molecule has 0 saturated carbocycles. The van der Waals surface area contributed by atoms with Crippen LogP contribution in [0.15, 0.2) is 295 Å². The summed E-state index contributed by atoms with van der Waals surface area (Å²) in [5.74, 6) is 0.454. The van der Waals surface area contributed by atoms with Crippen molar-refractivity contribution in [1.29, 1.82) is 5.26 Å². The minimum atomic E-state index is -1.23. The average molecular weight is 2070 g/mol. The van der Waals surface area contributed by atoms with Crippen molar-refractivity contribution in [2.24, 2.45) is 0 Å². The van der Waals surface area contributed by atoms with E-state index in [1.165, 1.54) is 144 Å². The summed E-state index contributed by atoms with van der Waals surface area (Å²) in [6.07, 6.45) is 28.7. The van der Waals surface area contributed by atoms with Crippen molar-refractivity contribution in [3.8, 4) is 63.6 Å². The molecule has 0 spiro atoms. The molecule has 6 aromatic carbocycles. The number of hydrogen-bond donors (Lipinski definition) is 0. The predicted molar refractivity (Wildman–Crippen MR) is 536 cm³/mol. The zero-order valence-electron chi connectivity index (χ0n) is 79.3. The van der Waals surface area contributed by atoms with Gasteiger partial charge in [-0.1, -0.05) is 58.0 Å². The number of carbonyl (C=O) groups excluding carboxylic acids is 6. The molecule has 18 rings (SSSR count). The third kappa shape index (κ3) is 33.6. The molecule has 0 fully saturated rings. The summed E-state index contributed by atoms with van der Waals surface area (Å²) < 4.78 is 109. The number of thiazole rings is 2. The third-order valence-corrected chi connectivity index (χ3v) is 22.5. The molecule has 0 aliphatic heterocycles. The van der Waals surface area contributed by atoms with Crippen molar-refractivity contribution in [2.45, 2.75) is 86.2 Å². The summed E-state index contributed by atoms with van der Waals surface area (Å²) in [4.78, 5) is 148. The standard InChI is InChI=1S/C19H15F2N3O2.C19H17FN4O.C19H14N4O2.C18H14ClN3O2.C16H11ClFN3O2S.C16H11F2N3O2S/c1-12(20)18-4-2-3-15(24-18)8-19(25)13-5-14(21)7-16(6-13)26-17-9-22-11-23-10-17;1-13-3-4-23-16(5-13)9-19(25)14-6-15(20)8-17(7-14)24(2)18-10-21-12-22-11-18;1-13-3-2-4-16(23-13)8-19(24)15-5-14(9-20)6-17(7-15)25-18-10-21-12-22-11-18;1-12-2-3-22-15(4-12)8-18(23)13-5-14(19)7-16(6-13)24-17-9-20-11-21-10-17;2*1-9-16(18)24-15(21-9)5-14(22)10-2-11(17)4-12(3-10)23-13-6-19-8-20-7-13/h2-7,9-12H,8H2,1H3;3-8,10-12H,9H2,1-2H3;2-7,10-12H,8H2,1H3;2-7,9-11H,8H2,1H3;2*2-4,6-8H,5H2,1H3.